The molecular weight excluding hydrogens is 499 g/mol. The van der Waals surface area contributed by atoms with Crippen LogP contribution in [0.3, 0.4) is 0 Å². The Morgan fingerprint density at radius 1 is 1.05 bits per heavy atom. The Morgan fingerprint density at radius 3 is 2.55 bits per heavy atom. The Labute approximate surface area is 215 Å². The van der Waals surface area contributed by atoms with Gasteiger partial charge in [0, 0.05) is 37.4 Å². The lowest BCUT2D eigenvalue weighted by atomic mass is 10.0. The largest absolute Gasteiger partial charge is 0.496 e. The third-order valence-electron chi connectivity index (χ3n) is 6.23. The number of alkyl halides is 3. The smallest absolute Gasteiger partial charge is 0.417 e. The molecule has 0 aliphatic carbocycles. The molecule has 0 radical (unpaired) electrons. The first-order valence-electron chi connectivity index (χ1n) is 11.6. The number of ether oxygens (including phenoxy) is 1. The first-order valence-corrected chi connectivity index (χ1v) is 11.6. The zero-order chi connectivity index (χ0) is 26.9. The van der Waals surface area contributed by atoms with Crippen molar-refractivity contribution >= 4 is 17.5 Å². The fraction of sp³-hybridized carbons (Fsp3) is 0.185. The Balaban J connectivity index is 1.36. The predicted octanol–water partition coefficient (Wildman–Crippen LogP) is 4.77. The average Bonchev–Trinajstić information content (AvgIpc) is 3.57. The summed E-state index contributed by atoms with van der Waals surface area (Å²) in [4.78, 5) is 31.6. The number of carbonyl (C=O) groups excluding carboxylic acids is 2. The van der Waals surface area contributed by atoms with Gasteiger partial charge in [0.1, 0.15) is 12.3 Å². The molecule has 4 aromatic rings. The molecule has 8 nitrogen and oxygen atoms in total. The number of carbonyl (C=O) groups is 2. The standard InChI is InChI=1S/C27H22F3N5O3/c1-38-23-5-2-4-21(25(23)22-9-7-19(13-31-22)27(28,29)30)26(37)33-20-8-6-17-14-34(15-18(17)12-20)24(36)16-35-11-3-10-32-35/h2-13H,14-16H2,1H3,(H,33,37). The van der Waals surface area contributed by atoms with Crippen LogP contribution < -0.4 is 10.1 Å². The van der Waals surface area contributed by atoms with Gasteiger partial charge in [0.15, 0.2) is 0 Å². The fourth-order valence-corrected chi connectivity index (χ4v) is 4.34. The number of methoxy groups -OCH3 is 1. The van der Waals surface area contributed by atoms with Gasteiger partial charge in [-0.3, -0.25) is 19.3 Å². The van der Waals surface area contributed by atoms with E-state index in [4.69, 9.17) is 4.74 Å². The molecule has 1 aliphatic heterocycles. The van der Waals surface area contributed by atoms with E-state index in [-0.39, 0.29) is 29.3 Å². The van der Waals surface area contributed by atoms with Crippen molar-refractivity contribution in [1.82, 2.24) is 19.7 Å². The summed E-state index contributed by atoms with van der Waals surface area (Å²) >= 11 is 0. The number of benzene rings is 2. The van der Waals surface area contributed by atoms with E-state index in [2.05, 4.69) is 15.4 Å². The number of fused-ring (bicyclic) bond motifs is 1. The summed E-state index contributed by atoms with van der Waals surface area (Å²) < 4.78 is 46.0. The first-order chi connectivity index (χ1) is 18.2. The van der Waals surface area contributed by atoms with Gasteiger partial charge < -0.3 is 15.0 Å². The average molecular weight is 521 g/mol. The van der Waals surface area contributed by atoms with Crippen LogP contribution in [0, 0.1) is 0 Å². The number of hydrogen-bond donors (Lipinski definition) is 1. The van der Waals surface area contributed by atoms with E-state index in [0.29, 0.717) is 24.5 Å². The highest BCUT2D eigenvalue weighted by Gasteiger charge is 2.31. The van der Waals surface area contributed by atoms with Gasteiger partial charge in [-0.15, -0.1) is 0 Å². The van der Waals surface area contributed by atoms with E-state index < -0.39 is 17.6 Å². The van der Waals surface area contributed by atoms with Crippen molar-refractivity contribution in [3.63, 3.8) is 0 Å². The number of hydrogen-bond acceptors (Lipinski definition) is 5. The third kappa shape index (κ3) is 5.08. The molecule has 0 atom stereocenters. The van der Waals surface area contributed by atoms with Crippen LogP contribution in [0.2, 0.25) is 0 Å². The van der Waals surface area contributed by atoms with Gasteiger partial charge in [0.2, 0.25) is 5.91 Å². The molecule has 194 valence electrons. The summed E-state index contributed by atoms with van der Waals surface area (Å²) in [5, 5.41) is 6.91. The molecule has 2 aromatic heterocycles. The van der Waals surface area contributed by atoms with E-state index in [1.54, 1.807) is 52.3 Å². The number of amides is 2. The number of anilines is 1. The minimum atomic E-state index is -4.53. The second-order valence-corrected chi connectivity index (χ2v) is 8.70. The molecule has 0 bridgehead atoms. The molecule has 0 spiro atoms. The molecule has 38 heavy (non-hydrogen) atoms. The van der Waals surface area contributed by atoms with Gasteiger partial charge in [-0.2, -0.15) is 18.3 Å². The molecule has 1 aliphatic rings. The normalized spacial score (nSPS) is 12.8. The van der Waals surface area contributed by atoms with Crippen LogP contribution in [-0.2, 0) is 30.6 Å². The van der Waals surface area contributed by atoms with Crippen molar-refractivity contribution in [3.8, 4) is 17.0 Å². The Bertz CT molecular complexity index is 1490. The topological polar surface area (TPSA) is 89.4 Å². The van der Waals surface area contributed by atoms with E-state index >= 15 is 0 Å². The van der Waals surface area contributed by atoms with Gasteiger partial charge in [-0.1, -0.05) is 12.1 Å². The number of aromatic nitrogens is 3. The van der Waals surface area contributed by atoms with Crippen molar-refractivity contribution in [1.29, 1.82) is 0 Å². The predicted molar refractivity (Wildman–Crippen MR) is 132 cm³/mol. The van der Waals surface area contributed by atoms with Gasteiger partial charge in [-0.05, 0) is 53.6 Å². The highest BCUT2D eigenvalue weighted by Crippen LogP contribution is 2.35. The van der Waals surface area contributed by atoms with Crippen LogP contribution in [0.15, 0.2) is 73.2 Å². The Kier molecular flexibility index (Phi) is 6.58. The molecule has 0 fully saturated rings. The molecule has 0 saturated heterocycles. The van der Waals surface area contributed by atoms with E-state index in [1.807, 2.05) is 12.1 Å². The summed E-state index contributed by atoms with van der Waals surface area (Å²) in [7, 11) is 1.41. The summed E-state index contributed by atoms with van der Waals surface area (Å²) in [6.07, 6.45) is -0.465. The Morgan fingerprint density at radius 2 is 1.87 bits per heavy atom. The van der Waals surface area contributed by atoms with E-state index in [9.17, 15) is 22.8 Å². The molecule has 3 heterocycles. The lowest BCUT2D eigenvalue weighted by molar-refractivity contribution is -0.137. The van der Waals surface area contributed by atoms with E-state index in [1.165, 1.54) is 13.2 Å². The van der Waals surface area contributed by atoms with Crippen molar-refractivity contribution in [2.24, 2.45) is 0 Å². The highest BCUT2D eigenvalue weighted by atomic mass is 19.4. The second-order valence-electron chi connectivity index (χ2n) is 8.70. The molecule has 0 unspecified atom stereocenters. The van der Waals surface area contributed by atoms with Gasteiger partial charge in [0.05, 0.1) is 29.5 Å². The minimum absolute atomic E-state index is 0.0689. The van der Waals surface area contributed by atoms with E-state index in [0.717, 1.165) is 23.4 Å². The summed E-state index contributed by atoms with van der Waals surface area (Å²) in [6, 6.07) is 14.1. The zero-order valence-corrected chi connectivity index (χ0v) is 20.2. The number of nitrogens with zero attached hydrogens (tertiary/aromatic N) is 4. The lowest BCUT2D eigenvalue weighted by Gasteiger charge is -2.15. The quantitative estimate of drug-likeness (QED) is 0.395. The number of pyridine rings is 1. The summed E-state index contributed by atoms with van der Waals surface area (Å²) in [5.74, 6) is -0.254. The van der Waals surface area contributed by atoms with Crippen molar-refractivity contribution in [2.45, 2.75) is 25.8 Å². The van der Waals surface area contributed by atoms with Crippen molar-refractivity contribution < 1.29 is 27.5 Å². The lowest BCUT2D eigenvalue weighted by Crippen LogP contribution is -2.29. The van der Waals surface area contributed by atoms with Crippen molar-refractivity contribution in [3.05, 3.63) is 95.4 Å². The molecule has 11 heteroatoms. The van der Waals surface area contributed by atoms with Crippen LogP contribution in [0.1, 0.15) is 27.0 Å². The maximum absolute atomic E-state index is 13.3. The van der Waals surface area contributed by atoms with Gasteiger partial charge >= 0.3 is 6.18 Å². The fourth-order valence-electron chi connectivity index (χ4n) is 4.34. The molecular formula is C27H22F3N5O3. The van der Waals surface area contributed by atoms with Crippen molar-refractivity contribution in [2.75, 3.05) is 12.4 Å². The zero-order valence-electron chi connectivity index (χ0n) is 20.2. The number of rotatable bonds is 6. The van der Waals surface area contributed by atoms with Gasteiger partial charge in [0.25, 0.3) is 5.91 Å². The van der Waals surface area contributed by atoms with Crippen LogP contribution in [-0.4, -0.2) is 38.6 Å². The second kappa shape index (κ2) is 10.0. The Hall–Kier alpha value is -4.67. The molecule has 1 N–H and O–H groups in total. The summed E-state index contributed by atoms with van der Waals surface area (Å²) in [5.41, 5.74) is 2.15. The molecule has 0 saturated carbocycles. The van der Waals surface area contributed by atoms with Crippen LogP contribution in [0.4, 0.5) is 18.9 Å². The highest BCUT2D eigenvalue weighted by molar-refractivity contribution is 6.09. The van der Waals surface area contributed by atoms with Crippen LogP contribution >= 0.6 is 0 Å². The van der Waals surface area contributed by atoms with Crippen LogP contribution in [0.5, 0.6) is 5.75 Å². The van der Waals surface area contributed by atoms with Gasteiger partial charge in [-0.25, -0.2) is 0 Å². The summed E-state index contributed by atoms with van der Waals surface area (Å²) in [6.45, 7) is 1.00. The molecule has 2 aromatic carbocycles. The van der Waals surface area contributed by atoms with Crippen LogP contribution in [0.25, 0.3) is 11.3 Å². The molecule has 5 rings (SSSR count). The number of halogens is 3. The molecule has 2 amide bonds. The SMILES string of the molecule is COc1cccc(C(=O)Nc2ccc3c(c2)CN(C(=O)Cn2cccn2)C3)c1-c1ccc(C(F)(F)F)cn1. The minimum Gasteiger partial charge on any atom is -0.496 e. The monoisotopic (exact) mass is 521 g/mol. The maximum atomic E-state index is 13.3. The first kappa shape index (κ1) is 25.0. The maximum Gasteiger partial charge on any atom is 0.417 e. The third-order valence-corrected chi connectivity index (χ3v) is 6.23. The number of nitrogens with one attached hydrogen (secondary N) is 1.